The summed E-state index contributed by atoms with van der Waals surface area (Å²) < 4.78 is 50.1. The van der Waals surface area contributed by atoms with Gasteiger partial charge in [-0.25, -0.2) is 8.78 Å². The van der Waals surface area contributed by atoms with Crippen LogP contribution in [0.5, 0.6) is 0 Å². The minimum atomic E-state index is -3.76. The highest BCUT2D eigenvalue weighted by Gasteiger charge is 2.25. The smallest absolute Gasteiger partial charge is 0.279 e. The molecule has 0 amide bonds. The van der Waals surface area contributed by atoms with Gasteiger partial charge in [0.15, 0.2) is 0 Å². The lowest BCUT2D eigenvalue weighted by Crippen LogP contribution is -2.51. The number of aliphatic hydroxyl groups excluding tert-OH is 1. The van der Waals surface area contributed by atoms with E-state index in [2.05, 4.69) is 5.32 Å². The Kier molecular flexibility index (Phi) is 4.99. The van der Waals surface area contributed by atoms with E-state index < -0.39 is 29.3 Å². The number of hydrogen-bond acceptors (Lipinski definition) is 4. The summed E-state index contributed by atoms with van der Waals surface area (Å²) in [4.78, 5) is 0. The first-order chi connectivity index (χ1) is 7.43. The van der Waals surface area contributed by atoms with Crippen molar-refractivity contribution in [3.05, 3.63) is 0 Å². The van der Waals surface area contributed by atoms with Crippen molar-refractivity contribution in [2.45, 2.75) is 12.5 Å². The molecule has 96 valence electrons. The van der Waals surface area contributed by atoms with Gasteiger partial charge in [0.2, 0.25) is 0 Å². The van der Waals surface area contributed by atoms with Crippen LogP contribution in [0.15, 0.2) is 0 Å². The van der Waals surface area contributed by atoms with Gasteiger partial charge < -0.3 is 10.4 Å². The molecule has 1 aliphatic heterocycles. The zero-order valence-corrected chi connectivity index (χ0v) is 9.38. The molecule has 1 fully saturated rings. The maximum absolute atomic E-state index is 11.9. The molecule has 0 bridgehead atoms. The summed E-state index contributed by atoms with van der Waals surface area (Å²) in [6, 6.07) is 0. The van der Waals surface area contributed by atoms with Crippen LogP contribution in [0.1, 0.15) is 0 Å². The summed E-state index contributed by atoms with van der Waals surface area (Å²) in [7, 11) is -3.76. The van der Waals surface area contributed by atoms with E-state index in [4.69, 9.17) is 5.11 Å². The Morgan fingerprint density at radius 1 is 1.38 bits per heavy atom. The van der Waals surface area contributed by atoms with Crippen molar-refractivity contribution in [2.24, 2.45) is 0 Å². The van der Waals surface area contributed by atoms with E-state index in [9.17, 15) is 17.2 Å². The predicted octanol–water partition coefficient (Wildman–Crippen LogP) is -1.65. The van der Waals surface area contributed by atoms with Crippen LogP contribution in [0, 0.1) is 0 Å². The van der Waals surface area contributed by atoms with E-state index in [1.165, 1.54) is 0 Å². The molecule has 1 heterocycles. The minimum Gasteiger partial charge on any atom is -0.386 e. The van der Waals surface area contributed by atoms with Crippen molar-refractivity contribution in [3.63, 3.8) is 0 Å². The second-order valence-corrected chi connectivity index (χ2v) is 5.16. The molecule has 1 saturated heterocycles. The molecule has 0 aromatic rings. The van der Waals surface area contributed by atoms with Crippen molar-refractivity contribution >= 4 is 10.2 Å². The van der Waals surface area contributed by atoms with Gasteiger partial charge in [-0.2, -0.15) is 17.4 Å². The Balaban J connectivity index is 2.44. The fourth-order valence-corrected chi connectivity index (χ4v) is 2.48. The molecule has 6 nitrogen and oxygen atoms in total. The van der Waals surface area contributed by atoms with Crippen LogP contribution in [0.2, 0.25) is 0 Å². The fraction of sp³-hybridized carbons (Fsp3) is 1.00. The van der Waals surface area contributed by atoms with E-state index in [-0.39, 0.29) is 0 Å². The Bertz CT molecular complexity index is 306. The number of halogens is 2. The first-order valence-electron chi connectivity index (χ1n) is 4.85. The molecule has 1 aliphatic rings. The van der Waals surface area contributed by atoms with Crippen LogP contribution >= 0.6 is 0 Å². The summed E-state index contributed by atoms with van der Waals surface area (Å²) in [6.07, 6.45) is -4.93. The first-order valence-corrected chi connectivity index (χ1v) is 6.29. The Morgan fingerprint density at radius 2 is 1.94 bits per heavy atom. The van der Waals surface area contributed by atoms with Crippen LogP contribution in [0.4, 0.5) is 8.78 Å². The Hall–Kier alpha value is -0.350. The van der Waals surface area contributed by atoms with Gasteiger partial charge >= 0.3 is 0 Å². The van der Waals surface area contributed by atoms with E-state index >= 15 is 0 Å². The van der Waals surface area contributed by atoms with Crippen molar-refractivity contribution in [2.75, 3.05) is 32.7 Å². The fourth-order valence-electron chi connectivity index (χ4n) is 1.26. The van der Waals surface area contributed by atoms with Crippen LogP contribution in [-0.2, 0) is 10.2 Å². The second kappa shape index (κ2) is 5.82. The molecule has 0 radical (unpaired) electrons. The topological polar surface area (TPSA) is 81.7 Å². The molecule has 3 N–H and O–H groups in total. The van der Waals surface area contributed by atoms with Gasteiger partial charge in [0, 0.05) is 32.7 Å². The number of alkyl halides is 2. The number of nitrogens with zero attached hydrogens (tertiary/aromatic N) is 1. The second-order valence-electron chi connectivity index (χ2n) is 3.40. The molecule has 0 aliphatic carbocycles. The lowest BCUT2D eigenvalue weighted by Gasteiger charge is -2.27. The Morgan fingerprint density at radius 3 is 2.44 bits per heavy atom. The lowest BCUT2D eigenvalue weighted by molar-refractivity contribution is -0.000640. The highest BCUT2D eigenvalue weighted by molar-refractivity contribution is 7.87. The third-order valence-corrected chi connectivity index (χ3v) is 3.76. The molecule has 0 saturated carbocycles. The SMILES string of the molecule is O=S(=O)(NCC(O)C(F)F)N1CCNCC1. The molecule has 0 spiro atoms. The van der Waals surface area contributed by atoms with E-state index in [1.54, 1.807) is 0 Å². The van der Waals surface area contributed by atoms with Crippen LogP contribution in [0.3, 0.4) is 0 Å². The maximum Gasteiger partial charge on any atom is 0.279 e. The predicted molar refractivity (Wildman–Crippen MR) is 53.4 cm³/mol. The first kappa shape index (κ1) is 13.7. The number of piperazine rings is 1. The quantitative estimate of drug-likeness (QED) is 0.552. The zero-order chi connectivity index (χ0) is 12.2. The van der Waals surface area contributed by atoms with Crippen molar-refractivity contribution in [1.82, 2.24) is 14.3 Å². The molecule has 16 heavy (non-hydrogen) atoms. The molecule has 1 atom stereocenters. The number of hydrogen-bond donors (Lipinski definition) is 3. The molecule has 1 rings (SSSR count). The zero-order valence-electron chi connectivity index (χ0n) is 8.57. The van der Waals surface area contributed by atoms with Crippen LogP contribution < -0.4 is 10.0 Å². The van der Waals surface area contributed by atoms with Crippen molar-refractivity contribution in [3.8, 4) is 0 Å². The van der Waals surface area contributed by atoms with E-state index in [1.807, 2.05) is 4.72 Å². The normalized spacial score (nSPS) is 21.2. The molecule has 0 aromatic heterocycles. The van der Waals surface area contributed by atoms with E-state index in [0.717, 1.165) is 4.31 Å². The molecule has 0 aromatic carbocycles. The van der Waals surface area contributed by atoms with Crippen LogP contribution in [0.25, 0.3) is 0 Å². The van der Waals surface area contributed by atoms with E-state index in [0.29, 0.717) is 26.2 Å². The third-order valence-electron chi connectivity index (χ3n) is 2.18. The molecular weight excluding hydrogens is 244 g/mol. The highest BCUT2D eigenvalue weighted by Crippen LogP contribution is 2.03. The number of rotatable bonds is 5. The number of nitrogens with one attached hydrogen (secondary N) is 2. The number of aliphatic hydroxyl groups is 1. The molecule has 1 unspecified atom stereocenters. The molecular formula is C7H15F2N3O3S. The maximum atomic E-state index is 11.9. The Labute approximate surface area is 92.8 Å². The van der Waals surface area contributed by atoms with Gasteiger partial charge in [0.05, 0.1) is 0 Å². The van der Waals surface area contributed by atoms with Crippen molar-refractivity contribution in [1.29, 1.82) is 0 Å². The van der Waals surface area contributed by atoms with Crippen molar-refractivity contribution < 1.29 is 22.3 Å². The average Bonchev–Trinajstić information content (AvgIpc) is 2.27. The third kappa shape index (κ3) is 3.91. The lowest BCUT2D eigenvalue weighted by atomic mass is 10.4. The summed E-state index contributed by atoms with van der Waals surface area (Å²) in [6.45, 7) is 0.959. The highest BCUT2D eigenvalue weighted by atomic mass is 32.2. The minimum absolute atomic E-state index is 0.292. The summed E-state index contributed by atoms with van der Waals surface area (Å²) >= 11 is 0. The average molecular weight is 259 g/mol. The van der Waals surface area contributed by atoms with Gasteiger partial charge in [0.1, 0.15) is 6.10 Å². The van der Waals surface area contributed by atoms with Gasteiger partial charge in [-0.1, -0.05) is 0 Å². The molecule has 9 heteroatoms. The van der Waals surface area contributed by atoms with Gasteiger partial charge in [0.25, 0.3) is 16.6 Å². The van der Waals surface area contributed by atoms with Gasteiger partial charge in [-0.3, -0.25) is 0 Å². The summed E-state index contributed by atoms with van der Waals surface area (Å²) in [5, 5.41) is 11.7. The van der Waals surface area contributed by atoms with Gasteiger partial charge in [-0.15, -0.1) is 0 Å². The summed E-state index contributed by atoms with van der Waals surface area (Å²) in [5.41, 5.74) is 0. The van der Waals surface area contributed by atoms with Crippen LogP contribution in [-0.4, -0.2) is 63.1 Å². The standard InChI is InChI=1S/C7H15F2N3O3S/c8-7(9)6(13)5-11-16(14,15)12-3-1-10-2-4-12/h6-7,10-11,13H,1-5H2. The largest absolute Gasteiger partial charge is 0.386 e. The monoisotopic (exact) mass is 259 g/mol. The van der Waals surface area contributed by atoms with Gasteiger partial charge in [-0.05, 0) is 0 Å². The summed E-state index contributed by atoms with van der Waals surface area (Å²) in [5.74, 6) is 0.